The van der Waals surface area contributed by atoms with Crippen molar-refractivity contribution in [2.75, 3.05) is 20.7 Å². The molecule has 1 heterocycles. The summed E-state index contributed by atoms with van der Waals surface area (Å²) in [4.78, 5) is 14.6. The van der Waals surface area contributed by atoms with Gasteiger partial charge in [-0.3, -0.25) is 4.79 Å². The van der Waals surface area contributed by atoms with Crippen LogP contribution in [0.1, 0.15) is 30.4 Å². The highest BCUT2D eigenvalue weighted by Gasteiger charge is 2.65. The van der Waals surface area contributed by atoms with Crippen LogP contribution in [0.3, 0.4) is 0 Å². The van der Waals surface area contributed by atoms with Gasteiger partial charge in [0, 0.05) is 29.8 Å². The molecule has 3 unspecified atom stereocenters. The molecule has 1 saturated heterocycles. The van der Waals surface area contributed by atoms with Gasteiger partial charge >= 0.3 is 0 Å². The molecule has 3 atom stereocenters. The Labute approximate surface area is 132 Å². The average molecular weight is 297 g/mol. The Balaban J connectivity index is 1.84. The lowest BCUT2D eigenvalue weighted by atomic mass is 9.62. The van der Waals surface area contributed by atoms with Crippen LogP contribution in [0.5, 0.6) is 5.75 Å². The first-order valence-electron chi connectivity index (χ1n) is 8.05. The number of nitrogens with zero attached hydrogens (tertiary/aromatic N) is 1. The van der Waals surface area contributed by atoms with Crippen molar-refractivity contribution < 1.29 is 9.53 Å². The first-order valence-corrected chi connectivity index (χ1v) is 8.05. The molecule has 3 heteroatoms. The Hall–Kier alpha value is -1.61. The van der Waals surface area contributed by atoms with Crippen LogP contribution in [0.25, 0.3) is 0 Å². The second-order valence-electron chi connectivity index (χ2n) is 7.50. The van der Waals surface area contributed by atoms with Gasteiger partial charge in [0.15, 0.2) is 5.78 Å². The van der Waals surface area contributed by atoms with Crippen molar-refractivity contribution in [3.05, 3.63) is 42.0 Å². The minimum Gasteiger partial charge on any atom is -0.497 e. The largest absolute Gasteiger partial charge is 0.497 e. The lowest BCUT2D eigenvalue weighted by molar-refractivity contribution is -0.115. The molecule has 116 valence electrons. The maximum atomic E-state index is 12.2. The molecule has 2 bridgehead atoms. The lowest BCUT2D eigenvalue weighted by Crippen LogP contribution is -2.61. The number of likely N-dealkylation sites (tertiary alicyclic amines) is 1. The van der Waals surface area contributed by atoms with Crippen LogP contribution in [0.15, 0.2) is 30.9 Å². The number of fused-ring (bicyclic) bond motifs is 3. The summed E-state index contributed by atoms with van der Waals surface area (Å²) in [6, 6.07) is 7.05. The summed E-state index contributed by atoms with van der Waals surface area (Å²) in [5.41, 5.74) is 3.12. The maximum absolute atomic E-state index is 12.2. The molecule has 1 aromatic carbocycles. The van der Waals surface area contributed by atoms with E-state index in [1.54, 1.807) is 7.11 Å². The molecule has 4 rings (SSSR count). The molecule has 2 fully saturated rings. The molecule has 2 aliphatic carbocycles. The molecular formula is C19H23NO2. The molecule has 0 radical (unpaired) electrons. The van der Waals surface area contributed by atoms with E-state index < -0.39 is 0 Å². The lowest BCUT2D eigenvalue weighted by Gasteiger charge is -2.54. The van der Waals surface area contributed by atoms with E-state index in [4.69, 9.17) is 4.74 Å². The molecule has 22 heavy (non-hydrogen) atoms. The second-order valence-corrected chi connectivity index (χ2v) is 7.50. The van der Waals surface area contributed by atoms with E-state index in [9.17, 15) is 4.79 Å². The number of ketones is 1. The first kappa shape index (κ1) is 14.0. The Morgan fingerprint density at radius 1 is 1.55 bits per heavy atom. The van der Waals surface area contributed by atoms with Crippen LogP contribution in [0.4, 0.5) is 0 Å². The standard InChI is InChI=1S/C19H23NO2/c1-4-14(21)9-18-10-17-19(11-18,12-20(17)2)8-13-5-6-15(22-3)7-16(13)18/h4-7,17H,1,8-12H2,2-3H3. The van der Waals surface area contributed by atoms with E-state index >= 15 is 0 Å². The fourth-order valence-electron chi connectivity index (χ4n) is 5.52. The van der Waals surface area contributed by atoms with Gasteiger partial charge < -0.3 is 9.64 Å². The summed E-state index contributed by atoms with van der Waals surface area (Å²) in [7, 11) is 3.92. The molecular weight excluding hydrogens is 274 g/mol. The van der Waals surface area contributed by atoms with E-state index in [-0.39, 0.29) is 11.2 Å². The van der Waals surface area contributed by atoms with Crippen LogP contribution in [0, 0.1) is 5.41 Å². The minimum absolute atomic E-state index is 0.0250. The normalized spacial score (nSPS) is 35.3. The number of hydrogen-bond acceptors (Lipinski definition) is 3. The van der Waals surface area contributed by atoms with Gasteiger partial charge in [-0.05, 0) is 55.6 Å². The van der Waals surface area contributed by atoms with Crippen molar-refractivity contribution in [3.63, 3.8) is 0 Å². The van der Waals surface area contributed by atoms with Gasteiger partial charge in [-0.15, -0.1) is 0 Å². The third-order valence-electron chi connectivity index (χ3n) is 6.25. The number of ether oxygens (including phenoxy) is 1. The Morgan fingerprint density at radius 2 is 2.36 bits per heavy atom. The average Bonchev–Trinajstić information content (AvgIpc) is 2.72. The molecule has 3 nitrogen and oxygen atoms in total. The number of rotatable bonds is 4. The third kappa shape index (κ3) is 1.69. The molecule has 1 aromatic rings. The SMILES string of the molecule is C=CC(=O)CC12CC3N(C)CC3(Cc3ccc(OC)cc31)C2. The minimum atomic E-state index is -0.0250. The van der Waals surface area contributed by atoms with E-state index in [0.717, 1.165) is 31.6 Å². The molecule has 1 aliphatic heterocycles. The van der Waals surface area contributed by atoms with Crippen molar-refractivity contribution in [2.24, 2.45) is 5.41 Å². The maximum Gasteiger partial charge on any atom is 0.155 e. The summed E-state index contributed by atoms with van der Waals surface area (Å²) >= 11 is 0. The molecule has 3 aliphatic rings. The van der Waals surface area contributed by atoms with Gasteiger partial charge in [-0.25, -0.2) is 0 Å². The van der Waals surface area contributed by atoms with Crippen LogP contribution >= 0.6 is 0 Å². The summed E-state index contributed by atoms with van der Waals surface area (Å²) in [6.07, 6.45) is 5.44. The Morgan fingerprint density at radius 3 is 3.05 bits per heavy atom. The summed E-state index contributed by atoms with van der Waals surface area (Å²) in [6.45, 7) is 4.84. The zero-order valence-corrected chi connectivity index (χ0v) is 13.4. The number of hydrogen-bond donors (Lipinski definition) is 0. The zero-order valence-electron chi connectivity index (χ0n) is 13.4. The van der Waals surface area contributed by atoms with E-state index in [0.29, 0.717) is 17.9 Å². The van der Waals surface area contributed by atoms with Gasteiger partial charge in [0.25, 0.3) is 0 Å². The van der Waals surface area contributed by atoms with Gasteiger partial charge in [-0.2, -0.15) is 0 Å². The van der Waals surface area contributed by atoms with Crippen molar-refractivity contribution in [1.82, 2.24) is 4.90 Å². The number of carbonyl (C=O) groups excluding carboxylic acids is 1. The predicted molar refractivity (Wildman–Crippen MR) is 86.3 cm³/mol. The fraction of sp³-hybridized carbons (Fsp3) is 0.526. The summed E-state index contributed by atoms with van der Waals surface area (Å²) in [5.74, 6) is 1.06. The van der Waals surface area contributed by atoms with Crippen molar-refractivity contribution in [1.29, 1.82) is 0 Å². The van der Waals surface area contributed by atoms with E-state index in [1.807, 2.05) is 0 Å². The monoisotopic (exact) mass is 297 g/mol. The molecule has 1 spiro atoms. The summed E-state index contributed by atoms with van der Waals surface area (Å²) in [5, 5.41) is 0. The smallest absolute Gasteiger partial charge is 0.155 e. The number of carbonyl (C=O) groups is 1. The van der Waals surface area contributed by atoms with Gasteiger partial charge in [-0.1, -0.05) is 12.6 Å². The van der Waals surface area contributed by atoms with Gasteiger partial charge in [0.1, 0.15) is 5.75 Å². The van der Waals surface area contributed by atoms with Crippen molar-refractivity contribution in [2.45, 2.75) is 37.1 Å². The predicted octanol–water partition coefficient (Wildman–Crippen LogP) is 2.73. The highest BCUT2D eigenvalue weighted by Crippen LogP contribution is 2.64. The summed E-state index contributed by atoms with van der Waals surface area (Å²) < 4.78 is 5.44. The topological polar surface area (TPSA) is 29.5 Å². The highest BCUT2D eigenvalue weighted by molar-refractivity contribution is 5.90. The second kappa shape index (κ2) is 4.45. The van der Waals surface area contributed by atoms with Crippen LogP contribution < -0.4 is 4.74 Å². The molecule has 0 aromatic heterocycles. The number of benzene rings is 1. The number of allylic oxidation sites excluding steroid dienone is 1. The highest BCUT2D eigenvalue weighted by atomic mass is 16.5. The number of methoxy groups -OCH3 is 1. The van der Waals surface area contributed by atoms with Crippen LogP contribution in [0.2, 0.25) is 0 Å². The van der Waals surface area contributed by atoms with Gasteiger partial charge in [0.05, 0.1) is 7.11 Å². The van der Waals surface area contributed by atoms with Crippen LogP contribution in [-0.4, -0.2) is 37.4 Å². The molecule has 0 amide bonds. The van der Waals surface area contributed by atoms with E-state index in [2.05, 4.69) is 36.7 Å². The Kier molecular flexibility index (Phi) is 2.83. The van der Waals surface area contributed by atoms with Crippen molar-refractivity contribution in [3.8, 4) is 5.75 Å². The van der Waals surface area contributed by atoms with Crippen molar-refractivity contribution >= 4 is 5.78 Å². The molecule has 1 saturated carbocycles. The fourth-order valence-corrected chi connectivity index (χ4v) is 5.52. The van der Waals surface area contributed by atoms with Crippen LogP contribution in [-0.2, 0) is 16.6 Å². The third-order valence-corrected chi connectivity index (χ3v) is 6.25. The zero-order chi connectivity index (χ0) is 15.5. The van der Waals surface area contributed by atoms with Gasteiger partial charge in [0.2, 0.25) is 0 Å². The van der Waals surface area contributed by atoms with E-state index in [1.165, 1.54) is 17.2 Å². The first-order chi connectivity index (χ1) is 10.5. The molecule has 0 N–H and O–H groups in total. The Bertz CT molecular complexity index is 667. The quantitative estimate of drug-likeness (QED) is 0.800.